The van der Waals surface area contributed by atoms with Crippen LogP contribution in [0.4, 0.5) is 0 Å². The van der Waals surface area contributed by atoms with Crippen molar-refractivity contribution in [3.8, 4) is 5.69 Å². The average Bonchev–Trinajstić information content (AvgIpc) is 3.14. The molecular formula is C18H22BrN3O. The van der Waals surface area contributed by atoms with E-state index in [0.29, 0.717) is 0 Å². The Kier molecular flexibility index (Phi) is 4.60. The number of carbonyl (C=O) groups is 1. The number of benzene rings is 1. The third-order valence-corrected chi connectivity index (χ3v) is 5.12. The Hall–Kier alpha value is -1.59. The van der Waals surface area contributed by atoms with Crippen molar-refractivity contribution < 1.29 is 4.79 Å². The molecule has 23 heavy (non-hydrogen) atoms. The van der Waals surface area contributed by atoms with E-state index in [0.717, 1.165) is 46.6 Å². The molecule has 0 aliphatic carbocycles. The summed E-state index contributed by atoms with van der Waals surface area (Å²) in [6, 6.07) is 10.4. The molecule has 1 aliphatic heterocycles. The molecule has 122 valence electrons. The van der Waals surface area contributed by atoms with Gasteiger partial charge in [0.25, 0.3) is 5.91 Å². The van der Waals surface area contributed by atoms with Crippen LogP contribution in [0.5, 0.6) is 0 Å². The number of hydrogen-bond donors (Lipinski definition) is 1. The van der Waals surface area contributed by atoms with Crippen LogP contribution in [0.15, 0.2) is 34.8 Å². The quantitative estimate of drug-likeness (QED) is 0.893. The van der Waals surface area contributed by atoms with E-state index in [-0.39, 0.29) is 11.9 Å². The lowest BCUT2D eigenvalue weighted by Crippen LogP contribution is -2.38. The monoisotopic (exact) mass is 375 g/mol. The molecule has 0 bridgehead atoms. The molecule has 1 unspecified atom stereocenters. The number of carbonyl (C=O) groups excluding carboxylic acids is 1. The molecule has 0 saturated carbocycles. The number of halogens is 1. The minimum Gasteiger partial charge on any atom is -0.337 e. The lowest BCUT2D eigenvalue weighted by Gasteiger charge is -2.23. The van der Waals surface area contributed by atoms with Gasteiger partial charge in [-0.05, 0) is 51.1 Å². The molecule has 1 saturated heterocycles. The summed E-state index contributed by atoms with van der Waals surface area (Å²) in [6.45, 7) is 5.93. The van der Waals surface area contributed by atoms with E-state index in [1.165, 1.54) is 0 Å². The van der Waals surface area contributed by atoms with Crippen molar-refractivity contribution in [1.82, 2.24) is 14.8 Å². The zero-order valence-corrected chi connectivity index (χ0v) is 15.4. The van der Waals surface area contributed by atoms with Crippen LogP contribution in [-0.4, -0.2) is 41.6 Å². The summed E-state index contributed by atoms with van der Waals surface area (Å²) in [5, 5.41) is 3.32. The van der Waals surface area contributed by atoms with Gasteiger partial charge in [0.15, 0.2) is 0 Å². The molecule has 1 atom stereocenters. The standard InChI is InChI=1S/C18H22BrN3O/c1-12-9-17(18(23)21(3)16-7-8-20-11-16)13(2)22(12)15-6-4-5-14(19)10-15/h4-6,9-10,16,20H,7-8,11H2,1-3H3. The van der Waals surface area contributed by atoms with Crippen LogP contribution in [0.1, 0.15) is 28.2 Å². The van der Waals surface area contributed by atoms with Gasteiger partial charge in [0.1, 0.15) is 0 Å². The zero-order chi connectivity index (χ0) is 16.6. The summed E-state index contributed by atoms with van der Waals surface area (Å²) in [4.78, 5) is 14.8. The molecule has 1 aromatic carbocycles. The Balaban J connectivity index is 1.95. The summed E-state index contributed by atoms with van der Waals surface area (Å²) in [6.07, 6.45) is 1.02. The molecule has 0 radical (unpaired) electrons. The van der Waals surface area contributed by atoms with Crippen LogP contribution in [0.2, 0.25) is 0 Å². The van der Waals surface area contributed by atoms with Gasteiger partial charge in [-0.2, -0.15) is 0 Å². The Labute approximate surface area is 145 Å². The van der Waals surface area contributed by atoms with E-state index in [1.54, 1.807) is 0 Å². The number of hydrogen-bond acceptors (Lipinski definition) is 2. The minimum atomic E-state index is 0.105. The largest absolute Gasteiger partial charge is 0.337 e. The number of likely N-dealkylation sites (N-methyl/N-ethyl adjacent to an activating group) is 1. The Morgan fingerprint density at radius 1 is 1.35 bits per heavy atom. The van der Waals surface area contributed by atoms with E-state index in [9.17, 15) is 4.79 Å². The fourth-order valence-electron chi connectivity index (χ4n) is 3.32. The van der Waals surface area contributed by atoms with Crippen molar-refractivity contribution in [2.75, 3.05) is 20.1 Å². The number of nitrogens with one attached hydrogen (secondary N) is 1. The second-order valence-electron chi connectivity index (χ2n) is 6.16. The fourth-order valence-corrected chi connectivity index (χ4v) is 3.70. The van der Waals surface area contributed by atoms with Crippen molar-refractivity contribution in [3.05, 3.63) is 51.8 Å². The Morgan fingerprint density at radius 2 is 2.13 bits per heavy atom. The number of amides is 1. The van der Waals surface area contributed by atoms with Crippen molar-refractivity contribution in [2.24, 2.45) is 0 Å². The van der Waals surface area contributed by atoms with Gasteiger partial charge >= 0.3 is 0 Å². The molecule has 1 aliphatic rings. The highest BCUT2D eigenvalue weighted by molar-refractivity contribution is 9.10. The first-order valence-electron chi connectivity index (χ1n) is 7.92. The van der Waals surface area contributed by atoms with Crippen LogP contribution in [0.3, 0.4) is 0 Å². The number of aryl methyl sites for hydroxylation is 1. The normalized spacial score (nSPS) is 17.5. The van der Waals surface area contributed by atoms with Gasteiger partial charge in [0.05, 0.1) is 5.56 Å². The predicted molar refractivity (Wildman–Crippen MR) is 96.3 cm³/mol. The van der Waals surface area contributed by atoms with Crippen LogP contribution >= 0.6 is 15.9 Å². The van der Waals surface area contributed by atoms with Gasteiger partial charge in [-0.25, -0.2) is 0 Å². The Bertz CT molecular complexity index is 732. The molecule has 2 heterocycles. The third kappa shape index (κ3) is 3.08. The number of rotatable bonds is 3. The lowest BCUT2D eigenvalue weighted by molar-refractivity contribution is 0.0743. The maximum Gasteiger partial charge on any atom is 0.255 e. The summed E-state index contributed by atoms with van der Waals surface area (Å²) >= 11 is 3.52. The van der Waals surface area contributed by atoms with Crippen LogP contribution in [0.25, 0.3) is 5.69 Å². The van der Waals surface area contributed by atoms with Gasteiger partial charge in [-0.3, -0.25) is 4.79 Å². The lowest BCUT2D eigenvalue weighted by atomic mass is 10.1. The number of nitrogens with zero attached hydrogens (tertiary/aromatic N) is 2. The molecule has 1 aromatic heterocycles. The van der Waals surface area contributed by atoms with Crippen molar-refractivity contribution in [1.29, 1.82) is 0 Å². The summed E-state index contributed by atoms with van der Waals surface area (Å²) in [5.74, 6) is 0.105. The van der Waals surface area contributed by atoms with E-state index < -0.39 is 0 Å². The summed E-state index contributed by atoms with van der Waals surface area (Å²) in [5.41, 5.74) is 3.92. The highest BCUT2D eigenvalue weighted by atomic mass is 79.9. The molecular weight excluding hydrogens is 354 g/mol. The first-order valence-corrected chi connectivity index (χ1v) is 8.71. The maximum atomic E-state index is 12.9. The van der Waals surface area contributed by atoms with Gasteiger partial charge < -0.3 is 14.8 Å². The SMILES string of the molecule is Cc1cc(C(=O)N(C)C2CCNC2)c(C)n1-c1cccc(Br)c1. The van der Waals surface area contributed by atoms with Crippen molar-refractivity contribution in [3.63, 3.8) is 0 Å². The highest BCUT2D eigenvalue weighted by Crippen LogP contribution is 2.24. The maximum absolute atomic E-state index is 12.9. The topological polar surface area (TPSA) is 37.3 Å². The number of aromatic nitrogens is 1. The molecule has 2 aromatic rings. The first kappa shape index (κ1) is 16.3. The smallest absolute Gasteiger partial charge is 0.255 e. The van der Waals surface area contributed by atoms with E-state index in [4.69, 9.17) is 0 Å². The first-order chi connectivity index (χ1) is 11.0. The molecule has 4 nitrogen and oxygen atoms in total. The van der Waals surface area contributed by atoms with Crippen LogP contribution in [0, 0.1) is 13.8 Å². The molecule has 5 heteroatoms. The van der Waals surface area contributed by atoms with E-state index in [1.807, 2.05) is 44.0 Å². The third-order valence-electron chi connectivity index (χ3n) is 4.63. The summed E-state index contributed by atoms with van der Waals surface area (Å²) < 4.78 is 3.17. The Morgan fingerprint density at radius 3 is 2.78 bits per heavy atom. The molecule has 1 fully saturated rings. The molecule has 0 spiro atoms. The molecule has 1 N–H and O–H groups in total. The second-order valence-corrected chi connectivity index (χ2v) is 7.08. The van der Waals surface area contributed by atoms with Crippen LogP contribution in [-0.2, 0) is 0 Å². The van der Waals surface area contributed by atoms with Crippen molar-refractivity contribution >= 4 is 21.8 Å². The molecule has 3 rings (SSSR count). The van der Waals surface area contributed by atoms with Crippen LogP contribution < -0.4 is 5.32 Å². The fraction of sp³-hybridized carbons (Fsp3) is 0.389. The van der Waals surface area contributed by atoms with Gasteiger partial charge in [0.2, 0.25) is 0 Å². The summed E-state index contributed by atoms with van der Waals surface area (Å²) in [7, 11) is 1.91. The van der Waals surface area contributed by atoms with E-state index in [2.05, 4.69) is 37.9 Å². The minimum absolute atomic E-state index is 0.105. The molecule has 1 amide bonds. The van der Waals surface area contributed by atoms with E-state index >= 15 is 0 Å². The second kappa shape index (κ2) is 6.49. The highest BCUT2D eigenvalue weighted by Gasteiger charge is 2.26. The average molecular weight is 376 g/mol. The van der Waals surface area contributed by atoms with Gasteiger partial charge in [-0.1, -0.05) is 22.0 Å². The predicted octanol–water partition coefficient (Wildman–Crippen LogP) is 3.29. The van der Waals surface area contributed by atoms with Gasteiger partial charge in [-0.15, -0.1) is 0 Å². The van der Waals surface area contributed by atoms with Gasteiger partial charge in [0, 0.05) is 41.2 Å². The van der Waals surface area contributed by atoms with Crippen molar-refractivity contribution in [2.45, 2.75) is 26.3 Å². The zero-order valence-electron chi connectivity index (χ0n) is 13.8.